The maximum absolute atomic E-state index is 12.2. The minimum absolute atomic E-state index is 0.0336. The van der Waals surface area contributed by atoms with Gasteiger partial charge in [0.05, 0.1) is 5.69 Å². The maximum Gasteiger partial charge on any atom is 0.338 e. The lowest BCUT2D eigenvalue weighted by Gasteiger charge is -2.27. The standard InChI is InChI=1S/C25H35N3O4/c1-3-5-7-13-28-14-11-17(12-15-28)22-19-16-18(26-21(29)8-6-4-2)9-10-20(19)27-23(22)24(30)25(31)32/h9-11,16,24,27,30H,3-8,12-15H2,1-2H3,(H,26,29)(H,31,32). The van der Waals surface area contributed by atoms with Gasteiger partial charge in [-0.15, -0.1) is 0 Å². The van der Waals surface area contributed by atoms with Gasteiger partial charge in [-0.2, -0.15) is 0 Å². The molecule has 1 amide bonds. The van der Waals surface area contributed by atoms with Crippen LogP contribution in [-0.2, 0) is 9.59 Å². The predicted octanol–water partition coefficient (Wildman–Crippen LogP) is 4.69. The third-order valence-corrected chi connectivity index (χ3v) is 6.07. The van der Waals surface area contributed by atoms with E-state index in [9.17, 15) is 19.8 Å². The second-order valence-electron chi connectivity index (χ2n) is 8.55. The van der Waals surface area contributed by atoms with E-state index in [1.165, 1.54) is 19.3 Å². The van der Waals surface area contributed by atoms with Crippen molar-refractivity contribution >= 4 is 34.0 Å². The Morgan fingerprint density at radius 3 is 2.62 bits per heavy atom. The van der Waals surface area contributed by atoms with Crippen molar-refractivity contribution in [3.63, 3.8) is 0 Å². The molecule has 0 aliphatic carbocycles. The highest BCUT2D eigenvalue weighted by molar-refractivity contribution is 6.00. The number of carboxylic acid groups (broad SMARTS) is 1. The van der Waals surface area contributed by atoms with Crippen molar-refractivity contribution in [2.24, 2.45) is 0 Å². The van der Waals surface area contributed by atoms with E-state index >= 15 is 0 Å². The number of fused-ring (bicyclic) bond motifs is 1. The number of aliphatic hydroxyl groups excluding tert-OH is 1. The lowest BCUT2D eigenvalue weighted by atomic mass is 9.94. The van der Waals surface area contributed by atoms with Gasteiger partial charge in [-0.3, -0.25) is 9.69 Å². The Morgan fingerprint density at radius 2 is 1.97 bits per heavy atom. The molecule has 0 saturated carbocycles. The molecule has 7 heteroatoms. The van der Waals surface area contributed by atoms with Gasteiger partial charge in [-0.1, -0.05) is 39.2 Å². The minimum Gasteiger partial charge on any atom is -0.479 e. The zero-order valence-corrected chi connectivity index (χ0v) is 19.1. The molecular formula is C25H35N3O4. The van der Waals surface area contributed by atoms with Gasteiger partial charge in [0.2, 0.25) is 5.91 Å². The Kier molecular flexibility index (Phi) is 8.47. The summed E-state index contributed by atoms with van der Waals surface area (Å²) in [5.41, 5.74) is 3.49. The molecule has 0 spiro atoms. The van der Waals surface area contributed by atoms with E-state index in [2.05, 4.69) is 28.2 Å². The number of carbonyl (C=O) groups is 2. The average molecular weight is 442 g/mol. The van der Waals surface area contributed by atoms with Crippen molar-refractivity contribution in [3.05, 3.63) is 35.5 Å². The first-order valence-corrected chi connectivity index (χ1v) is 11.7. The smallest absolute Gasteiger partial charge is 0.338 e. The molecule has 1 aliphatic rings. The quantitative estimate of drug-likeness (QED) is 0.379. The summed E-state index contributed by atoms with van der Waals surface area (Å²) in [4.78, 5) is 29.3. The molecule has 1 aromatic heterocycles. The molecule has 2 heterocycles. The lowest BCUT2D eigenvalue weighted by molar-refractivity contribution is -0.147. The van der Waals surface area contributed by atoms with E-state index in [0.29, 0.717) is 17.8 Å². The summed E-state index contributed by atoms with van der Waals surface area (Å²) in [6.07, 6.45) is 7.13. The Labute approximate surface area is 189 Å². The van der Waals surface area contributed by atoms with Crippen molar-refractivity contribution < 1.29 is 19.8 Å². The van der Waals surface area contributed by atoms with Crippen LogP contribution >= 0.6 is 0 Å². The third-order valence-electron chi connectivity index (χ3n) is 6.07. The van der Waals surface area contributed by atoms with Crippen molar-refractivity contribution in [3.8, 4) is 0 Å². The number of nitrogens with zero attached hydrogens (tertiary/aromatic N) is 1. The molecule has 1 aromatic carbocycles. The SMILES string of the molecule is CCCCCN1CC=C(c2c(C(O)C(=O)O)[nH]c3ccc(NC(=O)CCCC)cc23)CC1. The molecule has 4 N–H and O–H groups in total. The van der Waals surface area contributed by atoms with Crippen LogP contribution in [0.2, 0.25) is 0 Å². The van der Waals surface area contributed by atoms with E-state index in [1.54, 1.807) is 6.07 Å². The van der Waals surface area contributed by atoms with E-state index in [-0.39, 0.29) is 5.91 Å². The summed E-state index contributed by atoms with van der Waals surface area (Å²) in [6, 6.07) is 5.50. The zero-order chi connectivity index (χ0) is 23.1. The molecule has 32 heavy (non-hydrogen) atoms. The van der Waals surface area contributed by atoms with E-state index in [0.717, 1.165) is 60.9 Å². The number of carbonyl (C=O) groups excluding carboxylic acids is 1. The van der Waals surface area contributed by atoms with Crippen molar-refractivity contribution in [1.29, 1.82) is 0 Å². The van der Waals surface area contributed by atoms with Crippen molar-refractivity contribution in [2.75, 3.05) is 25.0 Å². The number of hydrogen-bond acceptors (Lipinski definition) is 4. The molecule has 0 fully saturated rings. The first-order chi connectivity index (χ1) is 15.4. The highest BCUT2D eigenvalue weighted by atomic mass is 16.4. The number of amides is 1. The van der Waals surface area contributed by atoms with Gasteiger partial charge in [0, 0.05) is 41.7 Å². The topological polar surface area (TPSA) is 106 Å². The molecule has 1 atom stereocenters. The third kappa shape index (κ3) is 5.78. The number of hydrogen-bond donors (Lipinski definition) is 4. The second kappa shape index (κ2) is 11.3. The lowest BCUT2D eigenvalue weighted by Crippen LogP contribution is -2.29. The van der Waals surface area contributed by atoms with Crippen LogP contribution in [0.15, 0.2) is 24.3 Å². The van der Waals surface area contributed by atoms with Gasteiger partial charge < -0.3 is 20.5 Å². The largest absolute Gasteiger partial charge is 0.479 e. The monoisotopic (exact) mass is 441 g/mol. The van der Waals surface area contributed by atoms with Gasteiger partial charge in [-0.25, -0.2) is 4.79 Å². The fraction of sp³-hybridized carbons (Fsp3) is 0.520. The van der Waals surface area contributed by atoms with E-state index in [4.69, 9.17) is 0 Å². The number of benzene rings is 1. The normalized spacial score (nSPS) is 15.5. The Bertz CT molecular complexity index is 979. The van der Waals surface area contributed by atoms with Crippen molar-refractivity contribution in [2.45, 2.75) is 64.9 Å². The summed E-state index contributed by atoms with van der Waals surface area (Å²) in [5, 5.41) is 23.6. The highest BCUT2D eigenvalue weighted by Gasteiger charge is 2.27. The fourth-order valence-electron chi connectivity index (χ4n) is 4.25. The Hall–Kier alpha value is -2.64. The van der Waals surface area contributed by atoms with Crippen LogP contribution < -0.4 is 5.32 Å². The number of unbranched alkanes of at least 4 members (excludes halogenated alkanes) is 3. The van der Waals surface area contributed by atoms with Crippen LogP contribution in [0.3, 0.4) is 0 Å². The van der Waals surface area contributed by atoms with E-state index < -0.39 is 12.1 Å². The number of nitrogens with one attached hydrogen (secondary N) is 2. The van der Waals surface area contributed by atoms with Crippen LogP contribution in [0.4, 0.5) is 5.69 Å². The molecule has 174 valence electrons. The minimum atomic E-state index is -1.64. The zero-order valence-electron chi connectivity index (χ0n) is 19.1. The van der Waals surface area contributed by atoms with Gasteiger partial charge in [0.1, 0.15) is 0 Å². The van der Waals surface area contributed by atoms with Gasteiger partial charge >= 0.3 is 5.97 Å². The van der Waals surface area contributed by atoms with Gasteiger partial charge in [0.15, 0.2) is 6.10 Å². The molecule has 0 saturated heterocycles. The number of anilines is 1. The average Bonchev–Trinajstić information content (AvgIpc) is 3.16. The number of aromatic amines is 1. The van der Waals surface area contributed by atoms with E-state index in [1.807, 2.05) is 19.1 Å². The molecule has 7 nitrogen and oxygen atoms in total. The molecule has 1 unspecified atom stereocenters. The fourth-order valence-corrected chi connectivity index (χ4v) is 4.25. The summed E-state index contributed by atoms with van der Waals surface area (Å²) in [5.74, 6) is -1.32. The first-order valence-electron chi connectivity index (χ1n) is 11.7. The number of carboxylic acids is 1. The van der Waals surface area contributed by atoms with Crippen LogP contribution in [0.5, 0.6) is 0 Å². The predicted molar refractivity (Wildman–Crippen MR) is 128 cm³/mol. The van der Waals surface area contributed by atoms with Crippen LogP contribution in [0, 0.1) is 0 Å². The van der Waals surface area contributed by atoms with Crippen LogP contribution in [-0.4, -0.2) is 51.6 Å². The summed E-state index contributed by atoms with van der Waals surface area (Å²) in [7, 11) is 0. The molecule has 0 radical (unpaired) electrons. The summed E-state index contributed by atoms with van der Waals surface area (Å²) in [6.45, 7) is 7.01. The summed E-state index contributed by atoms with van der Waals surface area (Å²) >= 11 is 0. The molecule has 3 rings (SSSR count). The molecule has 1 aliphatic heterocycles. The first kappa shape index (κ1) is 24.0. The van der Waals surface area contributed by atoms with Crippen LogP contribution in [0.25, 0.3) is 16.5 Å². The molecular weight excluding hydrogens is 406 g/mol. The second-order valence-corrected chi connectivity index (χ2v) is 8.55. The highest BCUT2D eigenvalue weighted by Crippen LogP contribution is 2.36. The maximum atomic E-state index is 12.2. The number of H-pyrrole nitrogens is 1. The number of rotatable bonds is 11. The number of aliphatic hydroxyl groups is 1. The Morgan fingerprint density at radius 1 is 1.19 bits per heavy atom. The Balaban J connectivity index is 1.92. The number of aliphatic carboxylic acids is 1. The molecule has 2 aromatic rings. The molecule has 0 bridgehead atoms. The van der Waals surface area contributed by atoms with Crippen molar-refractivity contribution in [1.82, 2.24) is 9.88 Å². The van der Waals surface area contributed by atoms with Crippen LogP contribution in [0.1, 0.15) is 76.2 Å². The van der Waals surface area contributed by atoms with Gasteiger partial charge in [0.25, 0.3) is 0 Å². The summed E-state index contributed by atoms with van der Waals surface area (Å²) < 4.78 is 0. The number of aromatic nitrogens is 1. The van der Waals surface area contributed by atoms with Gasteiger partial charge in [-0.05, 0) is 49.6 Å².